The minimum absolute atomic E-state index is 0.00926. The number of hydrogen-bond acceptors (Lipinski definition) is 8. The Hall–Kier alpha value is -2.89. The molecule has 1 N–H and O–H groups in total. The van der Waals surface area contributed by atoms with Crippen molar-refractivity contribution < 1.29 is 28.9 Å². The highest BCUT2D eigenvalue weighted by atomic mass is 32.1. The van der Waals surface area contributed by atoms with Gasteiger partial charge < -0.3 is 24.2 Å². The standard InChI is InChI=1S/C28H33N3O6S/c32-24-19-30(10-11-31(24)12-14-35-15-16-37-25-9-3-4-13-36-25)18-21-26(28(33)34)20-6-1-2-7-22(20)29-27(21)23-8-5-17-38-23/h1-2,5-8,17,25H,3-4,9-16,18-19H2,(H,33,34). The first-order chi connectivity index (χ1) is 18.6. The molecule has 2 aliphatic rings. The fraction of sp³-hybridized carbons (Fsp3) is 0.464. The van der Waals surface area contributed by atoms with Crippen molar-refractivity contribution in [2.24, 2.45) is 0 Å². The van der Waals surface area contributed by atoms with E-state index < -0.39 is 5.97 Å². The predicted octanol–water partition coefficient (Wildman–Crippen LogP) is 3.87. The zero-order valence-electron chi connectivity index (χ0n) is 21.3. The number of carboxylic acids is 1. The summed E-state index contributed by atoms with van der Waals surface area (Å²) in [6.07, 6.45) is 3.02. The van der Waals surface area contributed by atoms with E-state index in [9.17, 15) is 14.7 Å². The number of carbonyl (C=O) groups is 2. The van der Waals surface area contributed by atoms with Gasteiger partial charge in [0.05, 0.1) is 48.0 Å². The average Bonchev–Trinajstić information content (AvgIpc) is 3.46. The van der Waals surface area contributed by atoms with Crippen molar-refractivity contribution in [3.8, 4) is 10.6 Å². The lowest BCUT2D eigenvalue weighted by molar-refractivity contribution is -0.169. The van der Waals surface area contributed by atoms with Crippen LogP contribution >= 0.6 is 11.3 Å². The van der Waals surface area contributed by atoms with Gasteiger partial charge in [0.2, 0.25) is 5.91 Å². The lowest BCUT2D eigenvalue weighted by Gasteiger charge is -2.34. The number of thiophene rings is 1. The third kappa shape index (κ3) is 6.39. The van der Waals surface area contributed by atoms with E-state index in [2.05, 4.69) is 0 Å². The molecule has 1 aromatic carbocycles. The quantitative estimate of drug-likeness (QED) is 0.367. The van der Waals surface area contributed by atoms with Gasteiger partial charge in [-0.25, -0.2) is 9.78 Å². The lowest BCUT2D eigenvalue weighted by atomic mass is 9.98. The van der Waals surface area contributed by atoms with Crippen LogP contribution in [0.1, 0.15) is 35.2 Å². The summed E-state index contributed by atoms with van der Waals surface area (Å²) in [4.78, 5) is 34.9. The molecular formula is C28H33N3O6S. The first kappa shape index (κ1) is 26.7. The van der Waals surface area contributed by atoms with E-state index in [0.717, 1.165) is 30.7 Å². The molecule has 38 heavy (non-hydrogen) atoms. The summed E-state index contributed by atoms with van der Waals surface area (Å²) in [6.45, 7) is 4.42. The maximum atomic E-state index is 12.9. The molecule has 2 fully saturated rings. The molecule has 0 spiro atoms. The molecule has 0 bridgehead atoms. The Morgan fingerprint density at radius 2 is 2.03 bits per heavy atom. The molecule has 2 aromatic heterocycles. The number of carbonyl (C=O) groups excluding carboxylic acids is 1. The zero-order valence-corrected chi connectivity index (χ0v) is 22.2. The predicted molar refractivity (Wildman–Crippen MR) is 144 cm³/mol. The van der Waals surface area contributed by atoms with Crippen molar-refractivity contribution in [3.63, 3.8) is 0 Å². The van der Waals surface area contributed by atoms with Crippen molar-refractivity contribution in [2.45, 2.75) is 32.1 Å². The van der Waals surface area contributed by atoms with Crippen LogP contribution in [0.4, 0.5) is 0 Å². The molecule has 10 heteroatoms. The first-order valence-electron chi connectivity index (χ1n) is 13.1. The third-order valence-corrected chi connectivity index (χ3v) is 7.79. The van der Waals surface area contributed by atoms with Crippen molar-refractivity contribution in [3.05, 3.63) is 52.9 Å². The third-order valence-electron chi connectivity index (χ3n) is 6.92. The van der Waals surface area contributed by atoms with Crippen molar-refractivity contribution >= 4 is 34.1 Å². The fourth-order valence-corrected chi connectivity index (χ4v) is 5.72. The number of carboxylic acid groups (broad SMARTS) is 1. The molecular weight excluding hydrogens is 506 g/mol. The highest BCUT2D eigenvalue weighted by molar-refractivity contribution is 7.13. The SMILES string of the molecule is O=C(O)c1c(CN2CCN(CCOCCOC3CCCCO3)C(=O)C2)c(-c2cccs2)nc2ccccc12. The molecule has 3 aromatic rings. The molecule has 9 nitrogen and oxygen atoms in total. The van der Waals surface area contributed by atoms with Gasteiger partial charge in [-0.05, 0) is 36.8 Å². The van der Waals surface area contributed by atoms with Crippen LogP contribution in [-0.4, -0.2) is 90.7 Å². The summed E-state index contributed by atoms with van der Waals surface area (Å²) in [5.74, 6) is -0.979. The zero-order chi connectivity index (χ0) is 26.3. The maximum absolute atomic E-state index is 12.9. The van der Waals surface area contributed by atoms with Gasteiger partial charge in [0, 0.05) is 43.7 Å². The van der Waals surface area contributed by atoms with E-state index in [-0.39, 0.29) is 24.3 Å². The number of aromatic carboxylic acids is 1. The summed E-state index contributed by atoms with van der Waals surface area (Å²) in [5, 5.41) is 12.8. The Morgan fingerprint density at radius 3 is 2.79 bits per heavy atom. The molecule has 5 rings (SSSR count). The molecule has 2 saturated heterocycles. The highest BCUT2D eigenvalue weighted by Gasteiger charge is 2.28. The first-order valence-corrected chi connectivity index (χ1v) is 14.0. The van der Waals surface area contributed by atoms with Gasteiger partial charge in [-0.1, -0.05) is 24.3 Å². The number of piperazine rings is 1. The van der Waals surface area contributed by atoms with Crippen LogP contribution in [-0.2, 0) is 25.5 Å². The second-order valence-corrected chi connectivity index (χ2v) is 10.4. The van der Waals surface area contributed by atoms with E-state index in [1.54, 1.807) is 11.0 Å². The number of rotatable bonds is 11. The van der Waals surface area contributed by atoms with Gasteiger partial charge in [0.1, 0.15) is 0 Å². The lowest BCUT2D eigenvalue weighted by Crippen LogP contribution is -2.50. The molecule has 0 aliphatic carbocycles. The highest BCUT2D eigenvalue weighted by Crippen LogP contribution is 2.34. The summed E-state index contributed by atoms with van der Waals surface area (Å²) in [5.41, 5.74) is 2.21. The summed E-state index contributed by atoms with van der Waals surface area (Å²) >= 11 is 1.53. The number of aromatic nitrogens is 1. The number of ether oxygens (including phenoxy) is 3. The van der Waals surface area contributed by atoms with Crippen LogP contribution < -0.4 is 0 Å². The number of nitrogens with zero attached hydrogens (tertiary/aromatic N) is 3. The van der Waals surface area contributed by atoms with E-state index in [4.69, 9.17) is 19.2 Å². The van der Waals surface area contributed by atoms with Crippen molar-refractivity contribution in [1.82, 2.24) is 14.8 Å². The van der Waals surface area contributed by atoms with Gasteiger partial charge in [-0.15, -0.1) is 11.3 Å². The van der Waals surface area contributed by atoms with Gasteiger partial charge in [0.15, 0.2) is 6.29 Å². The Labute approximate surface area is 225 Å². The number of fused-ring (bicyclic) bond motifs is 1. The van der Waals surface area contributed by atoms with Crippen LogP contribution in [0.2, 0.25) is 0 Å². The van der Waals surface area contributed by atoms with Gasteiger partial charge in [-0.2, -0.15) is 0 Å². The number of hydrogen-bond donors (Lipinski definition) is 1. The van der Waals surface area contributed by atoms with Crippen LogP contribution in [0.5, 0.6) is 0 Å². The number of para-hydroxylation sites is 1. The second-order valence-electron chi connectivity index (χ2n) is 9.48. The maximum Gasteiger partial charge on any atom is 0.336 e. The van der Waals surface area contributed by atoms with Crippen LogP contribution in [0.25, 0.3) is 21.5 Å². The molecule has 0 radical (unpaired) electrons. The van der Waals surface area contributed by atoms with Crippen LogP contribution in [0.3, 0.4) is 0 Å². The number of amides is 1. The Kier molecular flexibility index (Phi) is 8.98. The monoisotopic (exact) mass is 539 g/mol. The van der Waals surface area contributed by atoms with Gasteiger partial charge in [0.25, 0.3) is 0 Å². The van der Waals surface area contributed by atoms with Crippen LogP contribution in [0.15, 0.2) is 41.8 Å². The molecule has 1 amide bonds. The minimum atomic E-state index is -0.988. The van der Waals surface area contributed by atoms with Crippen molar-refractivity contribution in [1.29, 1.82) is 0 Å². The average molecular weight is 540 g/mol. The number of pyridine rings is 1. The molecule has 202 valence electrons. The summed E-state index contributed by atoms with van der Waals surface area (Å²) < 4.78 is 16.9. The van der Waals surface area contributed by atoms with Crippen molar-refractivity contribution in [2.75, 3.05) is 52.6 Å². The van der Waals surface area contributed by atoms with E-state index in [0.29, 0.717) is 68.2 Å². The molecule has 2 aliphatic heterocycles. The van der Waals surface area contributed by atoms with E-state index >= 15 is 0 Å². The largest absolute Gasteiger partial charge is 0.478 e. The smallest absolute Gasteiger partial charge is 0.336 e. The fourth-order valence-electron chi connectivity index (χ4n) is 4.98. The molecule has 4 heterocycles. The molecule has 1 unspecified atom stereocenters. The Balaban J connectivity index is 1.19. The van der Waals surface area contributed by atoms with Gasteiger partial charge >= 0.3 is 5.97 Å². The summed E-state index contributed by atoms with van der Waals surface area (Å²) in [7, 11) is 0. The van der Waals surface area contributed by atoms with E-state index in [1.807, 2.05) is 40.6 Å². The Bertz CT molecular complexity index is 1240. The topological polar surface area (TPSA) is 101 Å². The van der Waals surface area contributed by atoms with Crippen LogP contribution in [0, 0.1) is 0 Å². The Morgan fingerprint density at radius 1 is 1.13 bits per heavy atom. The van der Waals surface area contributed by atoms with Gasteiger partial charge in [-0.3, -0.25) is 9.69 Å². The normalized spacial score (nSPS) is 18.8. The minimum Gasteiger partial charge on any atom is -0.478 e. The summed E-state index contributed by atoms with van der Waals surface area (Å²) in [6, 6.07) is 11.2. The second kappa shape index (κ2) is 12.8. The molecule has 0 saturated carbocycles. The van der Waals surface area contributed by atoms with E-state index in [1.165, 1.54) is 11.3 Å². The molecule has 1 atom stereocenters. The number of benzene rings is 1.